The van der Waals surface area contributed by atoms with Crippen LogP contribution < -0.4 is 16.0 Å². The molecule has 4 rings (SSSR count). The summed E-state index contributed by atoms with van der Waals surface area (Å²) < 4.78 is 51.6. The van der Waals surface area contributed by atoms with Crippen LogP contribution in [0.4, 0.5) is 13.2 Å². The van der Waals surface area contributed by atoms with E-state index in [1.165, 1.54) is 24.3 Å². The Labute approximate surface area is 206 Å². The van der Waals surface area contributed by atoms with Gasteiger partial charge in [-0.2, -0.15) is 13.2 Å². The van der Waals surface area contributed by atoms with Crippen LogP contribution in [0.3, 0.4) is 0 Å². The third kappa shape index (κ3) is 4.71. The van der Waals surface area contributed by atoms with E-state index in [2.05, 4.69) is 11.1 Å². The van der Waals surface area contributed by atoms with Gasteiger partial charge in [0.05, 0.1) is 17.5 Å². The van der Waals surface area contributed by atoms with E-state index in [4.69, 9.17) is 15.7 Å². The molecule has 37 heavy (non-hydrogen) atoms. The third-order valence-electron chi connectivity index (χ3n) is 5.56. The van der Waals surface area contributed by atoms with Gasteiger partial charge in [-0.25, -0.2) is 14.2 Å². The molecular formula is C25H18F3N3O6. The highest BCUT2D eigenvalue weighted by Crippen LogP contribution is 2.36. The molecular weight excluding hydrogens is 495 g/mol. The zero-order valence-electron chi connectivity index (χ0n) is 19.4. The molecule has 2 aromatic carbocycles. The molecule has 0 fully saturated rings. The number of aryl methyl sites for hydroxylation is 1. The summed E-state index contributed by atoms with van der Waals surface area (Å²) in [5.74, 6) is 1.11. The van der Waals surface area contributed by atoms with Crippen LogP contribution in [0, 0.1) is 19.3 Å². The van der Waals surface area contributed by atoms with E-state index in [-0.39, 0.29) is 29.1 Å². The van der Waals surface area contributed by atoms with E-state index in [1.807, 2.05) is 0 Å². The van der Waals surface area contributed by atoms with Gasteiger partial charge in [-0.3, -0.25) is 9.36 Å². The second-order valence-electron chi connectivity index (χ2n) is 8.11. The number of aliphatic carboxylic acids is 1. The lowest BCUT2D eigenvalue weighted by atomic mass is 10.0. The van der Waals surface area contributed by atoms with Crippen molar-refractivity contribution in [2.45, 2.75) is 25.6 Å². The highest BCUT2D eigenvalue weighted by molar-refractivity contribution is 5.94. The van der Waals surface area contributed by atoms with Gasteiger partial charge in [0, 0.05) is 18.7 Å². The molecule has 0 aliphatic heterocycles. The summed E-state index contributed by atoms with van der Waals surface area (Å²) in [7, 11) is 0.913. The molecule has 0 aliphatic carbocycles. The molecule has 1 atom stereocenters. The van der Waals surface area contributed by atoms with Crippen molar-refractivity contribution >= 4 is 16.9 Å². The zero-order chi connectivity index (χ0) is 27.1. The summed E-state index contributed by atoms with van der Waals surface area (Å²) in [5.41, 5.74) is -2.24. The Kier molecular flexibility index (Phi) is 6.39. The van der Waals surface area contributed by atoms with E-state index in [0.29, 0.717) is 26.2 Å². The van der Waals surface area contributed by atoms with Gasteiger partial charge in [0.1, 0.15) is 17.1 Å². The largest absolute Gasteiger partial charge is 0.478 e. The molecule has 0 amide bonds. The summed E-state index contributed by atoms with van der Waals surface area (Å²) in [6.07, 6.45) is -1.18. The second kappa shape index (κ2) is 9.34. The number of ether oxygens (including phenoxy) is 1. The summed E-state index contributed by atoms with van der Waals surface area (Å²) in [6.45, 7) is 1.78. The number of halogens is 3. The molecule has 0 saturated heterocycles. The Balaban J connectivity index is 1.90. The van der Waals surface area contributed by atoms with E-state index in [9.17, 15) is 32.7 Å². The number of benzene rings is 2. The van der Waals surface area contributed by atoms with Crippen LogP contribution in [-0.4, -0.2) is 31.5 Å². The lowest BCUT2D eigenvalue weighted by molar-refractivity contribution is -0.145. The molecule has 0 spiro atoms. The lowest BCUT2D eigenvalue weighted by Gasteiger charge is -2.16. The Bertz CT molecular complexity index is 1690. The molecule has 0 radical (unpaired) electrons. The number of hydrogen-bond donors (Lipinski definition) is 1. The maximum absolute atomic E-state index is 13.2. The van der Waals surface area contributed by atoms with Gasteiger partial charge in [-0.15, -0.1) is 12.3 Å². The van der Waals surface area contributed by atoms with Crippen molar-refractivity contribution in [3.05, 3.63) is 74.6 Å². The molecule has 2 aromatic heterocycles. The zero-order valence-corrected chi connectivity index (χ0v) is 19.4. The predicted octanol–water partition coefficient (Wildman–Crippen LogP) is 3.53. The molecule has 12 heteroatoms. The van der Waals surface area contributed by atoms with Crippen LogP contribution >= 0.6 is 0 Å². The number of nitrogens with zero attached hydrogens (tertiary/aromatic N) is 3. The minimum atomic E-state index is -4.90. The molecule has 190 valence electrons. The summed E-state index contributed by atoms with van der Waals surface area (Å²) in [5, 5.41) is 13.8. The molecule has 4 aromatic rings. The average Bonchev–Trinajstić information content (AvgIpc) is 3.24. The van der Waals surface area contributed by atoms with Crippen LogP contribution in [0.1, 0.15) is 17.7 Å². The Morgan fingerprint density at radius 3 is 2.59 bits per heavy atom. The Hall–Kier alpha value is -4.79. The summed E-state index contributed by atoms with van der Waals surface area (Å²) in [4.78, 5) is 36.8. The molecule has 1 N–H and O–H groups in total. The second-order valence-corrected chi connectivity index (χ2v) is 8.11. The van der Waals surface area contributed by atoms with Crippen molar-refractivity contribution in [3.8, 4) is 35.0 Å². The fourth-order valence-electron chi connectivity index (χ4n) is 3.77. The van der Waals surface area contributed by atoms with Gasteiger partial charge in [-0.05, 0) is 37.3 Å². The normalized spacial score (nSPS) is 12.3. The molecule has 1 unspecified atom stereocenters. The summed E-state index contributed by atoms with van der Waals surface area (Å²) in [6, 6.07) is 9.32. The Morgan fingerprint density at radius 2 is 1.95 bits per heavy atom. The number of carbonyl (C=O) groups is 1. The van der Waals surface area contributed by atoms with Crippen molar-refractivity contribution in [1.82, 2.24) is 14.3 Å². The number of hydrogen-bond acceptors (Lipinski definition) is 6. The molecule has 0 aliphatic rings. The molecule has 0 saturated carbocycles. The maximum Gasteiger partial charge on any atom is 0.431 e. The monoisotopic (exact) mass is 513 g/mol. The third-order valence-corrected chi connectivity index (χ3v) is 5.56. The van der Waals surface area contributed by atoms with Crippen molar-refractivity contribution in [2.75, 3.05) is 0 Å². The smallest absolute Gasteiger partial charge is 0.431 e. The number of fused-ring (bicyclic) bond motifs is 1. The first-order valence-corrected chi connectivity index (χ1v) is 10.7. The highest BCUT2D eigenvalue weighted by Gasteiger charge is 2.35. The fourth-order valence-corrected chi connectivity index (χ4v) is 3.77. The minimum Gasteiger partial charge on any atom is -0.478 e. The topological polar surface area (TPSA) is 117 Å². The quantitative estimate of drug-likeness (QED) is 0.392. The van der Waals surface area contributed by atoms with E-state index in [0.717, 1.165) is 12.6 Å². The number of rotatable bonds is 6. The highest BCUT2D eigenvalue weighted by atomic mass is 19.4. The number of alkyl halides is 3. The first-order chi connectivity index (χ1) is 17.4. The SMILES string of the molecule is C#CCC(Oc1ccc(C)cc1-c1noc2ccc(-n3c(=O)cc(C(F)(F)F)n(C)c3=O)cc12)C(=O)O. The van der Waals surface area contributed by atoms with Gasteiger partial charge >= 0.3 is 17.8 Å². The lowest BCUT2D eigenvalue weighted by Crippen LogP contribution is -2.40. The van der Waals surface area contributed by atoms with Crippen molar-refractivity contribution in [2.24, 2.45) is 7.05 Å². The number of carboxylic acids is 1. The average molecular weight is 513 g/mol. The van der Waals surface area contributed by atoms with Gasteiger partial charge in [0.15, 0.2) is 5.58 Å². The van der Waals surface area contributed by atoms with E-state index >= 15 is 0 Å². The van der Waals surface area contributed by atoms with Gasteiger partial charge < -0.3 is 14.4 Å². The van der Waals surface area contributed by atoms with Crippen LogP contribution in [0.2, 0.25) is 0 Å². The number of aromatic nitrogens is 3. The number of carboxylic acid groups (broad SMARTS) is 1. The van der Waals surface area contributed by atoms with E-state index in [1.54, 1.807) is 19.1 Å². The molecule has 9 nitrogen and oxygen atoms in total. The number of terminal acetylenes is 1. The first-order valence-electron chi connectivity index (χ1n) is 10.7. The summed E-state index contributed by atoms with van der Waals surface area (Å²) >= 11 is 0. The Morgan fingerprint density at radius 1 is 1.22 bits per heavy atom. The van der Waals surface area contributed by atoms with Crippen LogP contribution in [0.25, 0.3) is 27.9 Å². The van der Waals surface area contributed by atoms with Gasteiger partial charge in [0.2, 0.25) is 6.10 Å². The van der Waals surface area contributed by atoms with Crippen LogP contribution in [0.15, 0.2) is 56.6 Å². The van der Waals surface area contributed by atoms with Crippen LogP contribution in [0.5, 0.6) is 5.75 Å². The van der Waals surface area contributed by atoms with E-state index < -0.39 is 35.2 Å². The molecule has 0 bridgehead atoms. The standard InChI is InChI=1S/C25H18F3N3O6/c1-4-5-19(23(33)34)36-17-8-6-13(2)10-15(17)22-16-11-14(7-9-18(16)37-29-22)31-21(32)12-20(25(26,27)28)30(3)24(31)35/h1,6-12,19H,5H2,2-3H3,(H,33,34). The van der Waals surface area contributed by atoms with Crippen molar-refractivity contribution < 1.29 is 32.3 Å². The molecule has 2 heterocycles. The maximum atomic E-state index is 13.2. The first kappa shape index (κ1) is 25.3. The van der Waals surface area contributed by atoms with Gasteiger partial charge in [0.25, 0.3) is 5.56 Å². The minimum absolute atomic E-state index is 0.0258. The van der Waals surface area contributed by atoms with Crippen molar-refractivity contribution in [1.29, 1.82) is 0 Å². The van der Waals surface area contributed by atoms with Crippen LogP contribution in [-0.2, 0) is 18.0 Å². The predicted molar refractivity (Wildman–Crippen MR) is 126 cm³/mol. The fraction of sp³-hybridized carbons (Fsp3) is 0.200. The van der Waals surface area contributed by atoms with Crippen molar-refractivity contribution in [3.63, 3.8) is 0 Å². The van der Waals surface area contributed by atoms with Gasteiger partial charge in [-0.1, -0.05) is 16.8 Å².